The van der Waals surface area contributed by atoms with Gasteiger partial charge in [0.25, 0.3) is 5.91 Å². The molecule has 146 valence electrons. The van der Waals surface area contributed by atoms with E-state index in [-0.39, 0.29) is 36.8 Å². The van der Waals surface area contributed by atoms with E-state index in [9.17, 15) is 4.79 Å². The lowest BCUT2D eigenvalue weighted by atomic mass is 10.1. The van der Waals surface area contributed by atoms with Crippen LogP contribution < -0.4 is 11.1 Å². The number of pyridine rings is 1. The van der Waals surface area contributed by atoms with Gasteiger partial charge in [-0.3, -0.25) is 4.79 Å². The molecule has 8 heteroatoms. The normalized spacial score (nSPS) is 10.4. The molecule has 0 bridgehead atoms. The zero-order valence-corrected chi connectivity index (χ0v) is 17.0. The number of amides is 1. The highest BCUT2D eigenvalue weighted by atomic mass is 35.5. The molecular formula is C19H25Cl2N5O. The third-order valence-electron chi connectivity index (χ3n) is 4.04. The second-order valence-electron chi connectivity index (χ2n) is 6.24. The molecule has 0 aliphatic carbocycles. The Hall–Kier alpha value is -2.15. The molecule has 6 nitrogen and oxygen atoms in total. The van der Waals surface area contributed by atoms with Crippen molar-refractivity contribution < 1.29 is 4.79 Å². The molecule has 2 heterocycles. The zero-order valence-electron chi connectivity index (χ0n) is 15.4. The summed E-state index contributed by atoms with van der Waals surface area (Å²) in [5.74, 6) is -0.124. The van der Waals surface area contributed by atoms with Crippen LogP contribution in [0, 0.1) is 0 Å². The summed E-state index contributed by atoms with van der Waals surface area (Å²) < 4.78 is 1.85. The number of fused-ring (bicyclic) bond motifs is 1. The van der Waals surface area contributed by atoms with Crippen LogP contribution in [-0.2, 0) is 0 Å². The van der Waals surface area contributed by atoms with Crippen molar-refractivity contribution in [1.29, 1.82) is 0 Å². The van der Waals surface area contributed by atoms with Gasteiger partial charge in [0, 0.05) is 18.2 Å². The molecule has 0 aliphatic rings. The maximum atomic E-state index is 12.7. The van der Waals surface area contributed by atoms with Gasteiger partial charge in [0.05, 0.1) is 22.8 Å². The highest BCUT2D eigenvalue weighted by Crippen LogP contribution is 2.26. The molecule has 0 aliphatic heterocycles. The summed E-state index contributed by atoms with van der Waals surface area (Å²) in [7, 11) is 0. The highest BCUT2D eigenvalue weighted by Gasteiger charge is 2.18. The predicted molar refractivity (Wildman–Crippen MR) is 114 cm³/mol. The number of nitrogens with one attached hydrogen (secondary N) is 1. The second-order valence-corrected chi connectivity index (χ2v) is 6.24. The van der Waals surface area contributed by atoms with Crippen molar-refractivity contribution in [3.63, 3.8) is 0 Å². The fourth-order valence-electron chi connectivity index (χ4n) is 2.74. The highest BCUT2D eigenvalue weighted by molar-refractivity contribution is 6.06. The second kappa shape index (κ2) is 10.3. The Kier molecular flexibility index (Phi) is 8.69. The maximum absolute atomic E-state index is 12.7. The number of benzene rings is 1. The Morgan fingerprint density at radius 2 is 1.93 bits per heavy atom. The van der Waals surface area contributed by atoms with E-state index >= 15 is 0 Å². The summed E-state index contributed by atoms with van der Waals surface area (Å²) in [6.45, 7) is 5.19. The third kappa shape index (κ3) is 4.97. The van der Waals surface area contributed by atoms with Crippen LogP contribution >= 0.6 is 24.8 Å². The van der Waals surface area contributed by atoms with E-state index in [1.54, 1.807) is 6.20 Å². The quantitative estimate of drug-likeness (QED) is 0.608. The molecular weight excluding hydrogens is 385 g/mol. The van der Waals surface area contributed by atoms with Crippen LogP contribution in [0.2, 0.25) is 0 Å². The first-order valence-corrected chi connectivity index (χ1v) is 8.53. The summed E-state index contributed by atoms with van der Waals surface area (Å²) in [4.78, 5) is 17.4. The Morgan fingerprint density at radius 3 is 2.56 bits per heavy atom. The minimum absolute atomic E-state index is 0. The minimum atomic E-state index is -0.124. The number of rotatable bonds is 6. The summed E-state index contributed by atoms with van der Waals surface area (Å²) >= 11 is 0. The van der Waals surface area contributed by atoms with E-state index < -0.39 is 0 Å². The van der Waals surface area contributed by atoms with Crippen molar-refractivity contribution in [3.8, 4) is 11.3 Å². The van der Waals surface area contributed by atoms with Crippen molar-refractivity contribution in [2.24, 2.45) is 5.73 Å². The monoisotopic (exact) mass is 409 g/mol. The lowest BCUT2D eigenvalue weighted by Gasteiger charge is -2.11. The first-order valence-electron chi connectivity index (χ1n) is 8.53. The van der Waals surface area contributed by atoms with E-state index in [4.69, 9.17) is 10.7 Å². The lowest BCUT2D eigenvalue weighted by molar-refractivity contribution is 0.0955. The Labute approximate surface area is 171 Å². The number of aromatic nitrogens is 3. The molecule has 1 aromatic carbocycles. The number of nitrogens with two attached hydrogens (primary N) is 1. The average molecular weight is 410 g/mol. The van der Waals surface area contributed by atoms with Gasteiger partial charge >= 0.3 is 0 Å². The van der Waals surface area contributed by atoms with Crippen molar-refractivity contribution in [2.45, 2.75) is 26.3 Å². The first kappa shape index (κ1) is 22.9. The summed E-state index contributed by atoms with van der Waals surface area (Å²) in [6, 6.07) is 11.8. The minimum Gasteiger partial charge on any atom is -0.352 e. The smallest absolute Gasteiger partial charge is 0.252 e. The van der Waals surface area contributed by atoms with Gasteiger partial charge in [-0.05, 0) is 32.9 Å². The lowest BCUT2D eigenvalue weighted by Crippen LogP contribution is -2.26. The van der Waals surface area contributed by atoms with Gasteiger partial charge in [-0.15, -0.1) is 24.8 Å². The van der Waals surface area contributed by atoms with Crippen LogP contribution in [0.4, 0.5) is 0 Å². The van der Waals surface area contributed by atoms with Crippen molar-refractivity contribution in [1.82, 2.24) is 20.1 Å². The SMILES string of the molecule is CC(C)n1ncc2c(C(=O)NCCCN)cc(-c3ccccc3)nc21.Cl.Cl. The Balaban J connectivity index is 0.00000182. The Morgan fingerprint density at radius 1 is 1.22 bits per heavy atom. The summed E-state index contributed by atoms with van der Waals surface area (Å²) in [5.41, 5.74) is 8.55. The molecule has 3 N–H and O–H groups in total. The molecule has 0 fully saturated rings. The largest absolute Gasteiger partial charge is 0.352 e. The topological polar surface area (TPSA) is 85.8 Å². The number of nitrogens with zero attached hydrogens (tertiary/aromatic N) is 3. The van der Waals surface area contributed by atoms with E-state index in [2.05, 4.69) is 10.4 Å². The van der Waals surface area contributed by atoms with Gasteiger partial charge in [0.1, 0.15) is 0 Å². The van der Waals surface area contributed by atoms with Crippen molar-refractivity contribution >= 4 is 41.8 Å². The van der Waals surface area contributed by atoms with Gasteiger partial charge in [-0.25, -0.2) is 9.67 Å². The number of carbonyl (C=O) groups excluding carboxylic acids is 1. The average Bonchev–Trinajstić information content (AvgIpc) is 3.06. The molecule has 0 spiro atoms. The number of hydrogen-bond acceptors (Lipinski definition) is 4. The molecule has 3 rings (SSSR count). The zero-order chi connectivity index (χ0) is 17.8. The van der Waals surface area contributed by atoms with Crippen LogP contribution in [0.3, 0.4) is 0 Å². The number of halogens is 2. The molecule has 0 saturated carbocycles. The van der Waals surface area contributed by atoms with Crippen LogP contribution in [0.5, 0.6) is 0 Å². The molecule has 0 unspecified atom stereocenters. The summed E-state index contributed by atoms with van der Waals surface area (Å²) in [5, 5.41) is 8.11. The number of hydrogen-bond donors (Lipinski definition) is 2. The first-order chi connectivity index (χ1) is 12.1. The number of carbonyl (C=O) groups is 1. The Bertz CT molecular complexity index is 880. The fraction of sp³-hybridized carbons (Fsp3) is 0.316. The fourth-order valence-corrected chi connectivity index (χ4v) is 2.74. The van der Waals surface area contributed by atoms with E-state index in [1.165, 1.54) is 0 Å². The molecule has 3 aromatic rings. The molecule has 2 aromatic heterocycles. The van der Waals surface area contributed by atoms with Crippen LogP contribution in [0.15, 0.2) is 42.6 Å². The molecule has 1 amide bonds. The van der Waals surface area contributed by atoms with Gasteiger partial charge in [0.2, 0.25) is 0 Å². The van der Waals surface area contributed by atoms with Crippen molar-refractivity contribution in [3.05, 3.63) is 48.2 Å². The standard InChI is InChI=1S/C19H23N5O.2ClH/c1-13(2)24-18-16(12-22-24)15(19(25)21-10-6-9-20)11-17(23-18)14-7-4-3-5-8-14;;/h3-5,7-8,11-13H,6,9-10,20H2,1-2H3,(H,21,25);2*1H. The van der Waals surface area contributed by atoms with Gasteiger partial charge < -0.3 is 11.1 Å². The van der Waals surface area contributed by atoms with Crippen LogP contribution in [0.25, 0.3) is 22.3 Å². The van der Waals surface area contributed by atoms with E-state index in [0.717, 1.165) is 28.7 Å². The predicted octanol–water partition coefficient (Wildman–Crippen LogP) is 3.60. The third-order valence-corrected chi connectivity index (χ3v) is 4.04. The van der Waals surface area contributed by atoms with E-state index in [0.29, 0.717) is 18.7 Å². The molecule has 0 radical (unpaired) electrons. The van der Waals surface area contributed by atoms with Gasteiger partial charge in [-0.1, -0.05) is 30.3 Å². The van der Waals surface area contributed by atoms with Gasteiger partial charge in [-0.2, -0.15) is 5.10 Å². The molecule has 27 heavy (non-hydrogen) atoms. The van der Waals surface area contributed by atoms with Crippen molar-refractivity contribution in [2.75, 3.05) is 13.1 Å². The summed E-state index contributed by atoms with van der Waals surface area (Å²) in [6.07, 6.45) is 2.46. The molecule has 0 atom stereocenters. The maximum Gasteiger partial charge on any atom is 0.252 e. The molecule has 0 saturated heterocycles. The van der Waals surface area contributed by atoms with Crippen LogP contribution in [0.1, 0.15) is 36.7 Å². The van der Waals surface area contributed by atoms with Gasteiger partial charge in [0.15, 0.2) is 5.65 Å². The van der Waals surface area contributed by atoms with Crippen LogP contribution in [-0.4, -0.2) is 33.8 Å². The van der Waals surface area contributed by atoms with E-state index in [1.807, 2.05) is 54.9 Å².